The molecule has 1 atom stereocenters. The van der Waals surface area contributed by atoms with Crippen LogP contribution < -0.4 is 5.32 Å². The number of nitrogens with one attached hydrogen (secondary N) is 1. The predicted molar refractivity (Wildman–Crippen MR) is 63.4 cm³/mol. The van der Waals surface area contributed by atoms with Crippen molar-refractivity contribution < 1.29 is 13.2 Å². The van der Waals surface area contributed by atoms with Crippen LogP contribution in [0.5, 0.6) is 0 Å². The molecule has 1 aromatic carbocycles. The molecule has 5 heteroatoms. The van der Waals surface area contributed by atoms with Gasteiger partial charge in [0.05, 0.1) is 6.42 Å². The number of alkyl halides is 3. The van der Waals surface area contributed by atoms with Crippen molar-refractivity contribution in [1.29, 1.82) is 0 Å². The van der Waals surface area contributed by atoms with Crippen molar-refractivity contribution in [2.75, 3.05) is 7.05 Å². The number of likely N-dealkylation sites (N-methyl/N-ethyl adjacent to an activating group) is 1. The molecule has 0 aliphatic carbocycles. The summed E-state index contributed by atoms with van der Waals surface area (Å²) < 4.78 is 36.9. The fourth-order valence-corrected chi connectivity index (χ4v) is 1.95. The fourth-order valence-electron chi connectivity index (χ4n) is 1.64. The number of aryl methyl sites for hydroxylation is 1. The van der Waals surface area contributed by atoms with Crippen LogP contribution >= 0.6 is 11.6 Å². The lowest BCUT2D eigenvalue weighted by Gasteiger charge is -2.18. The van der Waals surface area contributed by atoms with Gasteiger partial charge in [-0.25, -0.2) is 0 Å². The molecular formula is C12H15ClF3N. The first-order valence-electron chi connectivity index (χ1n) is 5.31. The number of hydrogen-bond donors (Lipinski definition) is 1. The van der Waals surface area contributed by atoms with Crippen molar-refractivity contribution in [1.82, 2.24) is 5.32 Å². The topological polar surface area (TPSA) is 12.0 Å². The molecule has 0 saturated heterocycles. The van der Waals surface area contributed by atoms with Gasteiger partial charge in [0.1, 0.15) is 0 Å². The highest BCUT2D eigenvalue weighted by molar-refractivity contribution is 6.31. The van der Waals surface area contributed by atoms with Gasteiger partial charge in [0.15, 0.2) is 0 Å². The Bertz CT molecular complexity index is 377. The highest BCUT2D eigenvalue weighted by Crippen LogP contribution is 2.25. The number of hydrogen-bond acceptors (Lipinski definition) is 1. The van der Waals surface area contributed by atoms with E-state index in [4.69, 9.17) is 11.6 Å². The second kappa shape index (κ2) is 5.74. The summed E-state index contributed by atoms with van der Waals surface area (Å²) in [5, 5.41) is 3.19. The maximum Gasteiger partial charge on any atom is 0.390 e. The van der Waals surface area contributed by atoms with Gasteiger partial charge in [0.25, 0.3) is 0 Å². The Kier molecular flexibility index (Phi) is 4.83. The first-order chi connectivity index (χ1) is 7.81. The molecule has 0 aromatic heterocycles. The molecule has 0 bridgehead atoms. The van der Waals surface area contributed by atoms with Crippen LogP contribution in [-0.4, -0.2) is 19.3 Å². The molecule has 0 aliphatic heterocycles. The Balaban J connectivity index is 2.74. The molecule has 0 aliphatic rings. The Morgan fingerprint density at radius 3 is 2.47 bits per heavy atom. The van der Waals surface area contributed by atoms with Crippen LogP contribution in [0.25, 0.3) is 0 Å². The summed E-state index contributed by atoms with van der Waals surface area (Å²) in [7, 11) is 1.53. The van der Waals surface area contributed by atoms with Crippen LogP contribution in [-0.2, 0) is 6.42 Å². The maximum absolute atomic E-state index is 12.3. The first-order valence-corrected chi connectivity index (χ1v) is 5.68. The lowest BCUT2D eigenvalue weighted by atomic mass is 10.0. The Labute approximate surface area is 104 Å². The highest BCUT2D eigenvalue weighted by atomic mass is 35.5. The van der Waals surface area contributed by atoms with E-state index in [0.717, 1.165) is 11.1 Å². The molecule has 0 amide bonds. The third kappa shape index (κ3) is 4.96. The van der Waals surface area contributed by atoms with Gasteiger partial charge in [-0.05, 0) is 37.6 Å². The minimum absolute atomic E-state index is 0.273. The van der Waals surface area contributed by atoms with E-state index in [1.807, 2.05) is 13.0 Å². The van der Waals surface area contributed by atoms with E-state index in [2.05, 4.69) is 5.32 Å². The molecule has 0 fully saturated rings. The molecule has 17 heavy (non-hydrogen) atoms. The van der Waals surface area contributed by atoms with Gasteiger partial charge in [0, 0.05) is 11.1 Å². The quantitative estimate of drug-likeness (QED) is 0.875. The largest absolute Gasteiger partial charge is 0.390 e. The third-order valence-electron chi connectivity index (χ3n) is 2.56. The van der Waals surface area contributed by atoms with Crippen molar-refractivity contribution in [2.24, 2.45) is 0 Å². The van der Waals surface area contributed by atoms with E-state index >= 15 is 0 Å². The first kappa shape index (κ1) is 14.3. The Morgan fingerprint density at radius 2 is 2.00 bits per heavy atom. The third-order valence-corrected chi connectivity index (χ3v) is 2.91. The summed E-state index contributed by atoms with van der Waals surface area (Å²) in [5.41, 5.74) is 1.73. The second-order valence-electron chi connectivity index (χ2n) is 4.10. The standard InChI is InChI=1S/C12H15ClF3N/c1-8-3-4-9(11(13)5-8)6-10(17-2)7-12(14,15)16/h3-5,10,17H,6-7H2,1-2H3. The van der Waals surface area contributed by atoms with Crippen LogP contribution in [0.2, 0.25) is 5.02 Å². The van der Waals surface area contributed by atoms with E-state index in [1.165, 1.54) is 7.05 Å². The van der Waals surface area contributed by atoms with Gasteiger partial charge >= 0.3 is 6.18 Å². The van der Waals surface area contributed by atoms with E-state index in [9.17, 15) is 13.2 Å². The predicted octanol–water partition coefficient (Wildman–Crippen LogP) is 3.73. The molecule has 1 aromatic rings. The summed E-state index contributed by atoms with van der Waals surface area (Å²) in [6.07, 6.45) is -4.74. The minimum atomic E-state index is -4.16. The van der Waals surface area contributed by atoms with Gasteiger partial charge in [0.2, 0.25) is 0 Å². The minimum Gasteiger partial charge on any atom is -0.316 e. The van der Waals surface area contributed by atoms with E-state index < -0.39 is 18.6 Å². The molecule has 1 nitrogen and oxygen atoms in total. The molecule has 1 unspecified atom stereocenters. The average Bonchev–Trinajstić information content (AvgIpc) is 2.19. The van der Waals surface area contributed by atoms with Crippen molar-refractivity contribution in [2.45, 2.75) is 32.0 Å². The Hall–Kier alpha value is -0.740. The smallest absolute Gasteiger partial charge is 0.316 e. The van der Waals surface area contributed by atoms with Gasteiger partial charge < -0.3 is 5.32 Å². The van der Waals surface area contributed by atoms with Crippen LogP contribution in [0.4, 0.5) is 13.2 Å². The van der Waals surface area contributed by atoms with E-state index in [0.29, 0.717) is 5.02 Å². The molecule has 0 saturated carbocycles. The zero-order valence-corrected chi connectivity index (χ0v) is 10.5. The summed E-state index contributed by atoms with van der Waals surface area (Å²) in [6, 6.07) is 4.74. The zero-order chi connectivity index (χ0) is 13.1. The number of halogens is 4. The molecule has 96 valence electrons. The molecule has 0 radical (unpaired) electrons. The Morgan fingerprint density at radius 1 is 1.35 bits per heavy atom. The summed E-state index contributed by atoms with van der Waals surface area (Å²) in [5.74, 6) is 0. The molecular weight excluding hydrogens is 251 g/mol. The fraction of sp³-hybridized carbons (Fsp3) is 0.500. The van der Waals surface area contributed by atoms with Crippen LogP contribution in [0.3, 0.4) is 0 Å². The lowest BCUT2D eigenvalue weighted by Crippen LogP contribution is -2.33. The molecule has 1 N–H and O–H groups in total. The van der Waals surface area contributed by atoms with Crippen LogP contribution in [0.15, 0.2) is 18.2 Å². The lowest BCUT2D eigenvalue weighted by molar-refractivity contribution is -0.139. The summed E-state index contributed by atoms with van der Waals surface area (Å²) in [6.45, 7) is 1.89. The molecule has 0 heterocycles. The maximum atomic E-state index is 12.3. The van der Waals surface area contributed by atoms with Crippen LogP contribution in [0.1, 0.15) is 17.5 Å². The van der Waals surface area contributed by atoms with Gasteiger partial charge in [-0.15, -0.1) is 0 Å². The summed E-state index contributed by atoms with van der Waals surface area (Å²) >= 11 is 5.99. The zero-order valence-electron chi connectivity index (χ0n) is 9.74. The highest BCUT2D eigenvalue weighted by Gasteiger charge is 2.31. The van der Waals surface area contributed by atoms with Gasteiger partial charge in [-0.3, -0.25) is 0 Å². The van der Waals surface area contributed by atoms with E-state index in [1.54, 1.807) is 12.1 Å². The van der Waals surface area contributed by atoms with Crippen molar-refractivity contribution >= 4 is 11.6 Å². The monoisotopic (exact) mass is 265 g/mol. The molecule has 0 spiro atoms. The average molecular weight is 266 g/mol. The van der Waals surface area contributed by atoms with Gasteiger partial charge in [-0.2, -0.15) is 13.2 Å². The van der Waals surface area contributed by atoms with E-state index in [-0.39, 0.29) is 6.42 Å². The number of benzene rings is 1. The van der Waals surface area contributed by atoms with Crippen molar-refractivity contribution in [3.63, 3.8) is 0 Å². The molecule has 1 rings (SSSR count). The van der Waals surface area contributed by atoms with Crippen molar-refractivity contribution in [3.8, 4) is 0 Å². The normalized spacial score (nSPS) is 13.8. The number of rotatable bonds is 4. The van der Waals surface area contributed by atoms with Crippen molar-refractivity contribution in [3.05, 3.63) is 34.3 Å². The second-order valence-corrected chi connectivity index (χ2v) is 4.51. The summed E-state index contributed by atoms with van der Waals surface area (Å²) in [4.78, 5) is 0. The SMILES string of the molecule is CNC(Cc1ccc(C)cc1Cl)CC(F)(F)F. The van der Waals surface area contributed by atoms with Gasteiger partial charge in [-0.1, -0.05) is 23.7 Å². The van der Waals surface area contributed by atoms with Crippen LogP contribution in [0, 0.1) is 6.92 Å².